The highest BCUT2D eigenvalue weighted by Gasteiger charge is 2.32. The molecule has 1 atom stereocenters. The summed E-state index contributed by atoms with van der Waals surface area (Å²) in [6, 6.07) is 6.88. The van der Waals surface area contributed by atoms with Crippen LogP contribution in [-0.4, -0.2) is 48.6 Å². The third-order valence-corrected chi connectivity index (χ3v) is 4.00. The van der Waals surface area contributed by atoms with Crippen LogP contribution in [0.1, 0.15) is 30.1 Å². The fourth-order valence-electron chi connectivity index (χ4n) is 2.44. The van der Waals surface area contributed by atoms with Gasteiger partial charge in [-0.05, 0) is 49.9 Å². The van der Waals surface area contributed by atoms with Crippen LogP contribution >= 0.6 is 0 Å². The van der Waals surface area contributed by atoms with Gasteiger partial charge in [0.2, 0.25) is 0 Å². The van der Waals surface area contributed by atoms with Gasteiger partial charge in [0.05, 0.1) is 13.2 Å². The first kappa shape index (κ1) is 15.0. The predicted molar refractivity (Wildman–Crippen MR) is 78.1 cm³/mol. The minimum atomic E-state index is 0.0913. The molecule has 20 heavy (non-hydrogen) atoms. The SMILES string of the molecule is COCCN(CC(=O)c1ccc(O)cc1)C(C)C1CC1. The average Bonchev–Trinajstić information content (AvgIpc) is 3.27. The number of rotatable bonds is 8. The molecule has 4 heteroatoms. The predicted octanol–water partition coefficient (Wildman–Crippen LogP) is 2.32. The number of carbonyl (C=O) groups is 1. The van der Waals surface area contributed by atoms with Crippen molar-refractivity contribution >= 4 is 5.78 Å². The van der Waals surface area contributed by atoms with Crippen molar-refractivity contribution in [3.8, 4) is 5.75 Å². The Labute approximate surface area is 120 Å². The molecule has 1 N–H and O–H groups in total. The molecule has 0 radical (unpaired) electrons. The van der Waals surface area contributed by atoms with Crippen molar-refractivity contribution in [2.75, 3.05) is 26.8 Å². The Morgan fingerprint density at radius 2 is 2.05 bits per heavy atom. The molecule has 0 bridgehead atoms. The van der Waals surface area contributed by atoms with E-state index in [1.165, 1.54) is 12.8 Å². The third kappa shape index (κ3) is 4.05. The van der Waals surface area contributed by atoms with Crippen LogP contribution < -0.4 is 0 Å². The van der Waals surface area contributed by atoms with Gasteiger partial charge in [-0.25, -0.2) is 0 Å². The molecule has 1 aliphatic rings. The van der Waals surface area contributed by atoms with E-state index in [1.54, 1.807) is 31.4 Å². The maximum absolute atomic E-state index is 12.3. The van der Waals surface area contributed by atoms with Gasteiger partial charge in [-0.3, -0.25) is 9.69 Å². The number of phenols is 1. The van der Waals surface area contributed by atoms with Crippen molar-refractivity contribution < 1.29 is 14.6 Å². The van der Waals surface area contributed by atoms with E-state index in [0.29, 0.717) is 24.8 Å². The molecule has 0 aliphatic heterocycles. The van der Waals surface area contributed by atoms with E-state index >= 15 is 0 Å². The maximum atomic E-state index is 12.3. The van der Waals surface area contributed by atoms with Crippen molar-refractivity contribution in [3.63, 3.8) is 0 Å². The van der Waals surface area contributed by atoms with Gasteiger partial charge in [-0.1, -0.05) is 0 Å². The highest BCUT2D eigenvalue weighted by molar-refractivity contribution is 5.97. The summed E-state index contributed by atoms with van der Waals surface area (Å²) < 4.78 is 5.14. The second-order valence-electron chi connectivity index (χ2n) is 5.51. The molecule has 0 spiro atoms. The number of benzene rings is 1. The standard InChI is InChI=1S/C16H23NO3/c1-12(13-3-4-13)17(9-10-20-2)11-16(19)14-5-7-15(18)8-6-14/h5-8,12-13,18H,3-4,9-11H2,1-2H3. The molecule has 1 fully saturated rings. The van der Waals surface area contributed by atoms with Gasteiger partial charge in [-0.15, -0.1) is 0 Å². The number of Topliss-reactive ketones (excluding diaryl/α,β-unsaturated/α-hetero) is 1. The van der Waals surface area contributed by atoms with Crippen molar-refractivity contribution in [1.29, 1.82) is 0 Å². The summed E-state index contributed by atoms with van der Waals surface area (Å²) in [6.07, 6.45) is 2.52. The number of hydrogen-bond donors (Lipinski definition) is 1. The number of methoxy groups -OCH3 is 1. The van der Waals surface area contributed by atoms with Crippen LogP contribution in [0.2, 0.25) is 0 Å². The van der Waals surface area contributed by atoms with Crippen LogP contribution in [0.15, 0.2) is 24.3 Å². The van der Waals surface area contributed by atoms with Crippen molar-refractivity contribution in [1.82, 2.24) is 4.90 Å². The third-order valence-electron chi connectivity index (χ3n) is 4.00. The minimum absolute atomic E-state index is 0.0913. The van der Waals surface area contributed by atoms with E-state index in [2.05, 4.69) is 11.8 Å². The number of aromatic hydroxyl groups is 1. The molecule has 0 saturated heterocycles. The van der Waals surface area contributed by atoms with Crippen LogP contribution in [0.4, 0.5) is 0 Å². The molecule has 1 unspecified atom stereocenters. The van der Waals surface area contributed by atoms with Gasteiger partial charge in [0, 0.05) is 25.3 Å². The summed E-state index contributed by atoms with van der Waals surface area (Å²) in [5.41, 5.74) is 0.646. The zero-order chi connectivity index (χ0) is 14.5. The normalized spacial score (nSPS) is 16.4. The number of carbonyl (C=O) groups excluding carboxylic acids is 1. The quantitative estimate of drug-likeness (QED) is 0.741. The first-order chi connectivity index (χ1) is 9.61. The van der Waals surface area contributed by atoms with E-state index < -0.39 is 0 Å². The number of ketones is 1. The second-order valence-corrected chi connectivity index (χ2v) is 5.51. The van der Waals surface area contributed by atoms with Crippen LogP contribution in [0, 0.1) is 5.92 Å². The maximum Gasteiger partial charge on any atom is 0.176 e. The van der Waals surface area contributed by atoms with Crippen LogP contribution in [0.3, 0.4) is 0 Å². The van der Waals surface area contributed by atoms with Gasteiger partial charge in [-0.2, -0.15) is 0 Å². The summed E-state index contributed by atoms with van der Waals surface area (Å²) in [4.78, 5) is 14.5. The Bertz CT molecular complexity index is 440. The molecule has 0 amide bonds. The van der Waals surface area contributed by atoms with Crippen molar-refractivity contribution in [2.45, 2.75) is 25.8 Å². The van der Waals surface area contributed by atoms with Crippen molar-refractivity contribution in [3.05, 3.63) is 29.8 Å². The van der Waals surface area contributed by atoms with Crippen LogP contribution in [-0.2, 0) is 4.74 Å². The molecule has 1 aromatic carbocycles. The van der Waals surface area contributed by atoms with Crippen LogP contribution in [0.5, 0.6) is 5.75 Å². The van der Waals surface area contributed by atoms with E-state index in [4.69, 9.17) is 4.74 Å². The molecule has 110 valence electrons. The zero-order valence-corrected chi connectivity index (χ0v) is 12.2. The van der Waals surface area contributed by atoms with Gasteiger partial charge in [0.15, 0.2) is 5.78 Å². The monoisotopic (exact) mass is 277 g/mol. The molecular formula is C16H23NO3. The largest absolute Gasteiger partial charge is 0.508 e. The molecule has 0 aromatic heterocycles. The molecule has 1 aromatic rings. The lowest BCUT2D eigenvalue weighted by Gasteiger charge is -2.28. The van der Waals surface area contributed by atoms with Gasteiger partial charge in [0.1, 0.15) is 5.75 Å². The van der Waals surface area contributed by atoms with Gasteiger partial charge < -0.3 is 9.84 Å². The first-order valence-electron chi connectivity index (χ1n) is 7.17. The molecule has 0 heterocycles. The van der Waals surface area contributed by atoms with Crippen LogP contribution in [0.25, 0.3) is 0 Å². The fourth-order valence-corrected chi connectivity index (χ4v) is 2.44. The Morgan fingerprint density at radius 1 is 1.40 bits per heavy atom. The highest BCUT2D eigenvalue weighted by Crippen LogP contribution is 2.35. The van der Waals surface area contributed by atoms with Gasteiger partial charge >= 0.3 is 0 Å². The lowest BCUT2D eigenvalue weighted by atomic mass is 10.1. The lowest BCUT2D eigenvalue weighted by molar-refractivity contribution is 0.0816. The topological polar surface area (TPSA) is 49.8 Å². The molecule has 1 aliphatic carbocycles. The molecule has 2 rings (SSSR count). The highest BCUT2D eigenvalue weighted by atomic mass is 16.5. The number of nitrogens with zero attached hydrogens (tertiary/aromatic N) is 1. The number of phenolic OH excluding ortho intramolecular Hbond substituents is 1. The summed E-state index contributed by atoms with van der Waals surface area (Å²) in [7, 11) is 1.68. The van der Waals surface area contributed by atoms with E-state index in [9.17, 15) is 9.90 Å². The second kappa shape index (κ2) is 6.86. The lowest BCUT2D eigenvalue weighted by Crippen LogP contribution is -2.40. The molecule has 1 saturated carbocycles. The smallest absolute Gasteiger partial charge is 0.176 e. The van der Waals surface area contributed by atoms with Gasteiger partial charge in [0.25, 0.3) is 0 Å². The van der Waals surface area contributed by atoms with E-state index in [0.717, 1.165) is 12.5 Å². The molecular weight excluding hydrogens is 254 g/mol. The summed E-state index contributed by atoms with van der Waals surface area (Å²) >= 11 is 0. The fraction of sp³-hybridized carbons (Fsp3) is 0.562. The summed E-state index contributed by atoms with van der Waals surface area (Å²) in [5.74, 6) is 0.997. The van der Waals surface area contributed by atoms with E-state index in [1.807, 2.05) is 0 Å². The Hall–Kier alpha value is -1.39. The summed E-state index contributed by atoms with van der Waals surface area (Å²) in [6.45, 7) is 4.02. The zero-order valence-electron chi connectivity index (χ0n) is 12.2. The Kier molecular flexibility index (Phi) is 5.15. The Morgan fingerprint density at radius 3 is 2.60 bits per heavy atom. The molecule has 4 nitrogen and oxygen atoms in total. The van der Waals surface area contributed by atoms with Crippen molar-refractivity contribution in [2.24, 2.45) is 5.92 Å². The number of ether oxygens (including phenoxy) is 1. The Balaban J connectivity index is 1.98. The first-order valence-corrected chi connectivity index (χ1v) is 7.17. The minimum Gasteiger partial charge on any atom is -0.508 e. The summed E-state index contributed by atoms with van der Waals surface area (Å²) in [5, 5.41) is 9.27. The number of hydrogen-bond acceptors (Lipinski definition) is 4. The average molecular weight is 277 g/mol. The van der Waals surface area contributed by atoms with E-state index in [-0.39, 0.29) is 11.5 Å².